The molecule has 0 bridgehead atoms. The van der Waals surface area contributed by atoms with Crippen LogP contribution in [0.5, 0.6) is 0 Å². The monoisotopic (exact) mass is 566 g/mol. The number of nitrogens with one attached hydrogen (secondary N) is 4. The third kappa shape index (κ3) is 11.8. The minimum atomic E-state index is -0.600. The van der Waals surface area contributed by atoms with Crippen molar-refractivity contribution in [2.24, 2.45) is 0 Å². The lowest BCUT2D eigenvalue weighted by molar-refractivity contribution is -0.142. The van der Waals surface area contributed by atoms with E-state index >= 15 is 0 Å². The summed E-state index contributed by atoms with van der Waals surface area (Å²) >= 11 is 1.92. The molecule has 0 aromatic heterocycles. The zero-order valence-corrected chi connectivity index (χ0v) is 23.9. The number of ketones is 1. The van der Waals surface area contributed by atoms with Crippen LogP contribution in [0.3, 0.4) is 0 Å². The van der Waals surface area contributed by atoms with Crippen molar-refractivity contribution in [2.75, 3.05) is 18.9 Å². The summed E-state index contributed by atoms with van der Waals surface area (Å²) in [6, 6.07) is -0.145. The lowest BCUT2D eigenvalue weighted by Crippen LogP contribution is -2.38. The van der Waals surface area contributed by atoms with Crippen LogP contribution in [0.25, 0.3) is 0 Å². The fraction of sp³-hybridized carbons (Fsp3) is 0.821. The molecule has 4 atom stereocenters. The van der Waals surface area contributed by atoms with Gasteiger partial charge in [0.15, 0.2) is 0 Å². The van der Waals surface area contributed by atoms with E-state index in [0.717, 1.165) is 70.1 Å². The summed E-state index contributed by atoms with van der Waals surface area (Å²) < 4.78 is 4.80. The van der Waals surface area contributed by atoms with Gasteiger partial charge in [0.25, 0.3) is 0 Å². The highest BCUT2D eigenvalue weighted by atomic mass is 32.2. The number of thioether (sulfide) groups is 1. The van der Waals surface area contributed by atoms with E-state index < -0.39 is 17.9 Å². The molecule has 220 valence electrons. The van der Waals surface area contributed by atoms with E-state index in [2.05, 4.69) is 21.3 Å². The summed E-state index contributed by atoms with van der Waals surface area (Å²) in [5.41, 5.74) is 0. The number of Topliss-reactive ketones (excluding diaryl/α,β-unsaturated/α-hetero) is 1. The SMILES string of the molecule is O=C(CCCCCCCCCCCNC(=O)CCCC[C@@H]1SC[C@@H]2NC(=O)N[C@@H]21)CC(=O)N[C@H]1CCOC1=O. The lowest BCUT2D eigenvalue weighted by atomic mass is 10.0. The number of hydrogen-bond acceptors (Lipinski definition) is 7. The van der Waals surface area contributed by atoms with Gasteiger partial charge >= 0.3 is 12.0 Å². The van der Waals surface area contributed by atoms with E-state index in [1.807, 2.05) is 11.8 Å². The van der Waals surface area contributed by atoms with Gasteiger partial charge in [-0.3, -0.25) is 14.4 Å². The molecule has 3 fully saturated rings. The summed E-state index contributed by atoms with van der Waals surface area (Å²) in [6.07, 6.45) is 13.9. The van der Waals surface area contributed by atoms with Gasteiger partial charge in [-0.15, -0.1) is 0 Å². The predicted octanol–water partition coefficient (Wildman–Crippen LogP) is 3.12. The molecule has 11 heteroatoms. The maximum atomic E-state index is 12.1. The molecule has 0 aliphatic carbocycles. The van der Waals surface area contributed by atoms with Gasteiger partial charge in [0, 0.05) is 36.8 Å². The van der Waals surface area contributed by atoms with Crippen molar-refractivity contribution < 1.29 is 28.7 Å². The number of carbonyl (C=O) groups is 5. The van der Waals surface area contributed by atoms with Crippen LogP contribution < -0.4 is 21.3 Å². The van der Waals surface area contributed by atoms with Crippen LogP contribution >= 0.6 is 11.8 Å². The molecule has 0 spiro atoms. The Balaban J connectivity index is 1.03. The van der Waals surface area contributed by atoms with E-state index in [1.165, 1.54) is 19.3 Å². The number of cyclic esters (lactones) is 1. The number of urea groups is 1. The quantitative estimate of drug-likeness (QED) is 0.0767. The Labute approximate surface area is 236 Å². The second kappa shape index (κ2) is 17.4. The number of fused-ring (bicyclic) bond motifs is 1. The molecule has 39 heavy (non-hydrogen) atoms. The lowest BCUT2D eigenvalue weighted by Gasteiger charge is -2.16. The molecule has 3 aliphatic rings. The van der Waals surface area contributed by atoms with Gasteiger partial charge in [0.05, 0.1) is 25.1 Å². The van der Waals surface area contributed by atoms with Crippen molar-refractivity contribution >= 4 is 41.4 Å². The summed E-state index contributed by atoms with van der Waals surface area (Å²) in [7, 11) is 0. The second-order valence-electron chi connectivity index (χ2n) is 10.9. The third-order valence-electron chi connectivity index (χ3n) is 7.66. The largest absolute Gasteiger partial charge is 0.464 e. The molecule has 0 saturated carbocycles. The van der Waals surface area contributed by atoms with E-state index in [0.29, 0.717) is 31.1 Å². The van der Waals surface area contributed by atoms with Crippen molar-refractivity contribution in [1.29, 1.82) is 0 Å². The fourth-order valence-electron chi connectivity index (χ4n) is 5.41. The number of unbranched alkanes of at least 4 members (excludes halogenated alkanes) is 9. The summed E-state index contributed by atoms with van der Waals surface area (Å²) in [5.74, 6) is 0.224. The van der Waals surface area contributed by atoms with Crippen molar-refractivity contribution in [1.82, 2.24) is 21.3 Å². The van der Waals surface area contributed by atoms with Crippen molar-refractivity contribution in [3.8, 4) is 0 Å². The highest BCUT2D eigenvalue weighted by Gasteiger charge is 2.42. The molecule has 3 heterocycles. The summed E-state index contributed by atoms with van der Waals surface area (Å²) in [4.78, 5) is 58.7. The Morgan fingerprint density at radius 3 is 2.26 bits per heavy atom. The van der Waals surface area contributed by atoms with Crippen LogP contribution in [0, 0.1) is 0 Å². The molecule has 10 nitrogen and oxygen atoms in total. The Morgan fingerprint density at radius 1 is 0.846 bits per heavy atom. The molecule has 0 unspecified atom stereocenters. The van der Waals surface area contributed by atoms with E-state index in [-0.39, 0.29) is 36.2 Å². The first-order chi connectivity index (χ1) is 18.9. The van der Waals surface area contributed by atoms with Crippen molar-refractivity contribution in [3.63, 3.8) is 0 Å². The average molecular weight is 567 g/mol. The number of ether oxygens (including phenoxy) is 1. The van der Waals surface area contributed by atoms with Crippen LogP contribution in [0.2, 0.25) is 0 Å². The maximum Gasteiger partial charge on any atom is 0.328 e. The van der Waals surface area contributed by atoms with Gasteiger partial charge < -0.3 is 26.0 Å². The molecule has 4 amide bonds. The van der Waals surface area contributed by atoms with Gasteiger partial charge in [0.1, 0.15) is 11.8 Å². The normalized spacial score (nSPS) is 23.6. The standard InChI is InChI=1S/C28H46N4O6S/c33-20(18-25(35)30-21-15-17-38-27(21)36)12-8-6-4-2-1-3-5-7-11-16-29-24(34)14-10-9-13-23-26-22(19-39-23)31-28(37)32-26/h21-23,26H,1-19H2,(H,29,34)(H,30,35)(H2,31,32,37)/t21-,22-,23-,26-/m0/s1. The smallest absolute Gasteiger partial charge is 0.328 e. The Bertz CT molecular complexity index is 841. The molecule has 3 saturated heterocycles. The Hall–Kier alpha value is -2.30. The van der Waals surface area contributed by atoms with Gasteiger partial charge in [0.2, 0.25) is 11.8 Å². The second-order valence-corrected chi connectivity index (χ2v) is 12.2. The van der Waals surface area contributed by atoms with Crippen LogP contribution in [0.4, 0.5) is 4.79 Å². The summed E-state index contributed by atoms with van der Waals surface area (Å²) in [6.45, 7) is 1.07. The third-order valence-corrected chi connectivity index (χ3v) is 9.17. The van der Waals surface area contributed by atoms with Crippen LogP contribution in [0.1, 0.15) is 103 Å². The minimum Gasteiger partial charge on any atom is -0.464 e. The Kier molecular flexibility index (Phi) is 13.9. The highest BCUT2D eigenvalue weighted by molar-refractivity contribution is 8.00. The summed E-state index contributed by atoms with van der Waals surface area (Å²) in [5, 5.41) is 12.0. The van der Waals surface area contributed by atoms with Gasteiger partial charge in [-0.25, -0.2) is 9.59 Å². The molecule has 3 aliphatic heterocycles. The minimum absolute atomic E-state index is 0.0488. The molecule has 0 aromatic carbocycles. The van der Waals surface area contributed by atoms with Gasteiger partial charge in [-0.05, 0) is 25.7 Å². The average Bonchev–Trinajstić information content (AvgIpc) is 3.58. The fourth-order valence-corrected chi connectivity index (χ4v) is 6.96. The molecule has 3 rings (SSSR count). The zero-order valence-electron chi connectivity index (χ0n) is 23.1. The number of amides is 4. The molecular weight excluding hydrogens is 520 g/mol. The highest BCUT2D eigenvalue weighted by Crippen LogP contribution is 2.33. The van der Waals surface area contributed by atoms with Gasteiger partial charge in [-0.1, -0.05) is 51.4 Å². The van der Waals surface area contributed by atoms with Crippen molar-refractivity contribution in [2.45, 2.75) is 126 Å². The Morgan fingerprint density at radius 2 is 1.54 bits per heavy atom. The number of carbonyl (C=O) groups excluding carboxylic acids is 5. The van der Waals surface area contributed by atoms with Crippen LogP contribution in [-0.2, 0) is 23.9 Å². The van der Waals surface area contributed by atoms with E-state index in [9.17, 15) is 24.0 Å². The molecule has 4 N–H and O–H groups in total. The molecule has 0 radical (unpaired) electrons. The number of esters is 1. The molecule has 0 aromatic rings. The van der Waals surface area contributed by atoms with E-state index in [1.54, 1.807) is 0 Å². The first-order valence-electron chi connectivity index (χ1n) is 14.9. The van der Waals surface area contributed by atoms with Gasteiger partial charge in [-0.2, -0.15) is 11.8 Å². The van der Waals surface area contributed by atoms with Crippen LogP contribution in [-0.4, -0.2) is 71.9 Å². The topological polar surface area (TPSA) is 143 Å². The molecular formula is C28H46N4O6S. The van der Waals surface area contributed by atoms with E-state index in [4.69, 9.17) is 4.74 Å². The first kappa shape index (κ1) is 31.2. The predicted molar refractivity (Wildman–Crippen MR) is 150 cm³/mol. The first-order valence-corrected chi connectivity index (χ1v) is 15.9. The van der Waals surface area contributed by atoms with Crippen LogP contribution in [0.15, 0.2) is 0 Å². The van der Waals surface area contributed by atoms with Crippen molar-refractivity contribution in [3.05, 3.63) is 0 Å². The zero-order chi connectivity index (χ0) is 27.9. The maximum absolute atomic E-state index is 12.1. The number of rotatable bonds is 20. The number of hydrogen-bond donors (Lipinski definition) is 4.